The molecule has 0 saturated heterocycles. The second kappa shape index (κ2) is 20.0. The Morgan fingerprint density at radius 2 is 1.07 bits per heavy atom. The van der Waals surface area contributed by atoms with E-state index in [0.717, 1.165) is 44.2 Å². The highest BCUT2D eigenvalue weighted by atomic mass is 15.0. The maximum atomic E-state index is 9.33. The minimum Gasteiger partial charge on any atom is -0.309 e. The molecule has 0 aliphatic heterocycles. The molecule has 288 valence electrons. The number of allylic oxidation sites excluding steroid dienone is 3. The van der Waals surface area contributed by atoms with Crippen molar-refractivity contribution < 1.29 is 0 Å². The smallest absolute Gasteiger partial charge is 0.163 e. The number of fused-ring (bicyclic) bond motifs is 3. The molecule has 0 fully saturated rings. The summed E-state index contributed by atoms with van der Waals surface area (Å²) in [5.41, 5.74) is 6.42. The minimum atomic E-state index is 0.366. The number of nitriles is 3. The van der Waals surface area contributed by atoms with E-state index in [4.69, 9.17) is 5.26 Å². The molecule has 59 heavy (non-hydrogen) atoms. The van der Waals surface area contributed by atoms with Crippen LogP contribution in [0.25, 0.3) is 61.7 Å². The molecule has 0 amide bonds. The maximum absolute atomic E-state index is 9.33. The number of benzene rings is 3. The first kappa shape index (κ1) is 41.8. The molecule has 0 bridgehead atoms. The van der Waals surface area contributed by atoms with Crippen LogP contribution in [0.15, 0.2) is 123 Å². The van der Waals surface area contributed by atoms with Gasteiger partial charge in [-0.25, -0.2) is 44.9 Å². The Kier molecular flexibility index (Phi) is 14.2. The van der Waals surface area contributed by atoms with E-state index >= 15 is 0 Å². The molecule has 0 N–H and O–H groups in total. The van der Waals surface area contributed by atoms with Gasteiger partial charge < -0.3 is 4.57 Å². The molecule has 0 aliphatic rings. The lowest BCUT2D eigenvalue weighted by molar-refractivity contribution is 0.929. The van der Waals surface area contributed by atoms with Crippen molar-refractivity contribution in [2.75, 3.05) is 0 Å². The molecule has 0 radical (unpaired) electrons. The molecule has 5 aromatic heterocycles. The monoisotopic (exact) mass is 773 g/mol. The average Bonchev–Trinajstić information content (AvgIpc) is 3.61. The third kappa shape index (κ3) is 9.92. The minimum absolute atomic E-state index is 0.366. The van der Waals surface area contributed by atoms with Gasteiger partial charge in [-0.3, -0.25) is 0 Å². The fourth-order valence-corrected chi connectivity index (χ4v) is 5.81. The molecule has 8 aromatic rings. The largest absolute Gasteiger partial charge is 0.309 e. The van der Waals surface area contributed by atoms with E-state index < -0.39 is 0 Å². The number of para-hydroxylation sites is 1. The normalized spacial score (nSPS) is 10.2. The third-order valence-corrected chi connectivity index (χ3v) is 8.33. The Morgan fingerprint density at radius 1 is 0.559 bits per heavy atom. The Bertz CT molecular complexity index is 2850. The van der Waals surface area contributed by atoms with Crippen LogP contribution < -0.4 is 0 Å². The molecule has 0 spiro atoms. The summed E-state index contributed by atoms with van der Waals surface area (Å²) in [5, 5.41) is 28.9. The molecule has 5 heterocycles. The molecule has 13 heteroatoms. The average molecular weight is 774 g/mol. The number of rotatable bonds is 5. The van der Waals surface area contributed by atoms with Gasteiger partial charge in [-0.15, -0.1) is 0 Å². The van der Waals surface area contributed by atoms with Crippen LogP contribution in [0.4, 0.5) is 0 Å². The van der Waals surface area contributed by atoms with E-state index in [2.05, 4.69) is 86.3 Å². The van der Waals surface area contributed by atoms with Crippen LogP contribution in [0.2, 0.25) is 0 Å². The van der Waals surface area contributed by atoms with Crippen molar-refractivity contribution in [3.05, 3.63) is 157 Å². The summed E-state index contributed by atoms with van der Waals surface area (Å²) in [5.74, 6) is 3.57. The number of aryl methyl sites for hydroxylation is 3. The second-order valence-electron chi connectivity index (χ2n) is 12.3. The van der Waals surface area contributed by atoms with Gasteiger partial charge in [-0.05, 0) is 70.2 Å². The highest BCUT2D eigenvalue weighted by molar-refractivity contribution is 6.10. The summed E-state index contributed by atoms with van der Waals surface area (Å²) in [6, 6.07) is 26.3. The first-order valence-corrected chi connectivity index (χ1v) is 18.5. The fourth-order valence-electron chi connectivity index (χ4n) is 5.81. The van der Waals surface area contributed by atoms with Crippen LogP contribution in [0.1, 0.15) is 54.9 Å². The van der Waals surface area contributed by atoms with E-state index in [9.17, 15) is 10.5 Å². The Balaban J connectivity index is 0.000000350. The van der Waals surface area contributed by atoms with E-state index in [0.29, 0.717) is 51.6 Å². The molecule has 0 saturated carbocycles. The molecule has 8 rings (SSSR count). The van der Waals surface area contributed by atoms with Crippen LogP contribution in [0, 0.1) is 54.8 Å². The zero-order chi connectivity index (χ0) is 42.3. The first-order chi connectivity index (χ1) is 28.8. The lowest BCUT2D eigenvalue weighted by atomic mass is 10.1. The van der Waals surface area contributed by atoms with Gasteiger partial charge >= 0.3 is 0 Å². The predicted molar refractivity (Wildman–Crippen MR) is 228 cm³/mol. The van der Waals surface area contributed by atoms with Crippen LogP contribution in [0.3, 0.4) is 0 Å². The summed E-state index contributed by atoms with van der Waals surface area (Å²) in [6.07, 6.45) is 14.6. The maximum Gasteiger partial charge on any atom is 0.163 e. The van der Waals surface area contributed by atoms with Crippen molar-refractivity contribution in [3.8, 4) is 58.1 Å². The Labute approximate surface area is 342 Å². The summed E-state index contributed by atoms with van der Waals surface area (Å²) in [6.45, 7) is 14.9. The molecular weight excluding hydrogens is 735 g/mol. The fraction of sp³-hybridized carbons (Fsp3) is 0.130. The van der Waals surface area contributed by atoms with Crippen molar-refractivity contribution in [2.24, 2.45) is 0 Å². The number of nitrogens with zero attached hydrogens (tertiary/aromatic N) is 13. The zero-order valence-corrected chi connectivity index (χ0v) is 33.5. The van der Waals surface area contributed by atoms with Crippen molar-refractivity contribution in [3.63, 3.8) is 0 Å². The van der Waals surface area contributed by atoms with E-state index in [1.165, 1.54) is 37.2 Å². The van der Waals surface area contributed by atoms with Crippen LogP contribution in [0.5, 0.6) is 0 Å². The van der Waals surface area contributed by atoms with Gasteiger partial charge in [0.2, 0.25) is 0 Å². The summed E-state index contributed by atoms with van der Waals surface area (Å²) < 4.78 is 2.18. The van der Waals surface area contributed by atoms with E-state index in [-0.39, 0.29) is 0 Å². The van der Waals surface area contributed by atoms with Gasteiger partial charge in [0.05, 0.1) is 33.4 Å². The topological polar surface area (TPSA) is 192 Å². The van der Waals surface area contributed by atoms with Gasteiger partial charge in [-0.2, -0.15) is 15.8 Å². The molecular formula is C46H39N13. The van der Waals surface area contributed by atoms with Crippen molar-refractivity contribution in [1.29, 1.82) is 15.8 Å². The van der Waals surface area contributed by atoms with Crippen LogP contribution in [-0.4, -0.2) is 49.4 Å². The van der Waals surface area contributed by atoms with E-state index in [1.54, 1.807) is 13.0 Å². The quantitative estimate of drug-likeness (QED) is 0.151. The summed E-state index contributed by atoms with van der Waals surface area (Å²) in [4.78, 5) is 38.9. The molecule has 3 aromatic carbocycles. The van der Waals surface area contributed by atoms with Gasteiger partial charge in [-0.1, -0.05) is 56.9 Å². The molecule has 0 atom stereocenters. The van der Waals surface area contributed by atoms with Gasteiger partial charge in [0.25, 0.3) is 0 Å². The number of aromatic nitrogens is 10. The Hall–Kier alpha value is -8.34. The number of hydrogen-bond acceptors (Lipinski definition) is 12. The molecule has 0 unspecified atom stereocenters. The predicted octanol–water partition coefficient (Wildman–Crippen LogP) is 9.34. The lowest BCUT2D eigenvalue weighted by Crippen LogP contribution is -2.01. The second-order valence-corrected chi connectivity index (χ2v) is 12.3. The zero-order valence-electron chi connectivity index (χ0n) is 33.5. The highest BCUT2D eigenvalue weighted by Gasteiger charge is 2.19. The first-order valence-electron chi connectivity index (χ1n) is 18.5. The van der Waals surface area contributed by atoms with Gasteiger partial charge in [0.1, 0.15) is 35.7 Å². The summed E-state index contributed by atoms with van der Waals surface area (Å²) in [7, 11) is 0. The van der Waals surface area contributed by atoms with E-state index in [1.807, 2.05) is 95.3 Å². The van der Waals surface area contributed by atoms with Crippen LogP contribution >= 0.6 is 0 Å². The third-order valence-electron chi connectivity index (χ3n) is 8.33. The summed E-state index contributed by atoms with van der Waals surface area (Å²) >= 11 is 0. The molecule has 0 aliphatic carbocycles. The Morgan fingerprint density at radius 3 is 1.61 bits per heavy atom. The SMILES string of the molecule is C=C/C=C\C.CC.Cc1nc(C)nc(-c2ccc3c(c2)c2ccccc2n3-c2ccc(-c3ncc(C#N)cn3)cc2-c2ncc(C#N)cn2)n1.Cc1ncc(C#N)cn1. The van der Waals surface area contributed by atoms with Gasteiger partial charge in [0.15, 0.2) is 17.5 Å². The van der Waals surface area contributed by atoms with Crippen molar-refractivity contribution >= 4 is 21.8 Å². The van der Waals surface area contributed by atoms with Crippen molar-refractivity contribution in [2.45, 2.75) is 41.5 Å². The highest BCUT2D eigenvalue weighted by Crippen LogP contribution is 2.38. The van der Waals surface area contributed by atoms with Gasteiger partial charge in [0, 0.05) is 64.6 Å². The van der Waals surface area contributed by atoms with Crippen LogP contribution in [-0.2, 0) is 0 Å². The lowest BCUT2D eigenvalue weighted by Gasteiger charge is -2.14. The van der Waals surface area contributed by atoms with Crippen molar-refractivity contribution in [1.82, 2.24) is 49.4 Å². The molecule has 13 nitrogen and oxygen atoms in total. The number of hydrogen-bond donors (Lipinski definition) is 0. The standard InChI is InChI=1S/C33H20N10.C6H5N3.C5H8.C2H6/c1-19-40-20(2)42-32(41-19)24-8-9-29-26(11-24)25-5-3-4-6-28(25)43(29)30-10-7-23(31-36-15-21(13-34)16-37-31)12-27(30)33-38-17-22(14-35)18-39-33;1-5-8-3-6(2-7)4-9-5;1-3-5-4-2;1-2/h3-12,15-18H,1-2H3;3-4H,1H3;3-5H,1H2,2H3;1-2H3/b;;5-4-;.